The van der Waals surface area contributed by atoms with Gasteiger partial charge in [-0.1, -0.05) is 417 Å². The zero-order valence-electron chi connectivity index (χ0n) is 61.1. The van der Waals surface area contributed by atoms with Gasteiger partial charge in [0.15, 0.2) is 6.10 Å². The number of ether oxygens (including phenoxy) is 2. The molecule has 2 atom stereocenters. The number of allylic oxidation sites excluding steroid dienone is 4. The molecule has 2 unspecified atom stereocenters. The molecule has 0 fully saturated rings. The third-order valence-corrected chi connectivity index (χ3v) is 19.8. The van der Waals surface area contributed by atoms with Gasteiger partial charge >= 0.3 is 19.8 Å². The summed E-state index contributed by atoms with van der Waals surface area (Å²) in [6.07, 6.45) is 97.6. The van der Waals surface area contributed by atoms with Crippen LogP contribution in [0, 0.1) is 0 Å². The summed E-state index contributed by atoms with van der Waals surface area (Å²) in [4.78, 5) is 35.5. The van der Waals surface area contributed by atoms with Gasteiger partial charge in [-0.25, -0.2) is 4.57 Å². The number of unbranched alkanes of at least 4 members (excludes halogenated alkanes) is 62. The fraction of sp³-hybridized carbons (Fsp3) is 0.926. The van der Waals surface area contributed by atoms with E-state index in [0.717, 1.165) is 38.5 Å². The van der Waals surface area contributed by atoms with Crippen LogP contribution in [0.3, 0.4) is 0 Å². The topological polar surface area (TPSA) is 134 Å². The molecule has 0 rings (SSSR count). The zero-order valence-corrected chi connectivity index (χ0v) is 62.0. The summed E-state index contributed by atoms with van der Waals surface area (Å²) in [7, 11) is -4.39. The molecule has 91 heavy (non-hydrogen) atoms. The molecule has 10 heteroatoms. The average molecular weight is 1310 g/mol. The maximum Gasteiger partial charge on any atom is 0.472 e. The lowest BCUT2D eigenvalue weighted by molar-refractivity contribution is -0.161. The molecule has 0 aliphatic carbocycles. The SMILES string of the molecule is CCCCCCC/C=C\C/C=C\CCCCCCCCCCCCCCCCCCCCCCCCCC(=O)OC(COC(=O)CCCCCCCCCCCCCCCCCCCCCCCCCCCCCCCCCCCCC)COP(=O)(O)OCCN. The van der Waals surface area contributed by atoms with E-state index >= 15 is 0 Å². The molecule has 540 valence electrons. The third-order valence-electron chi connectivity index (χ3n) is 18.8. The highest BCUT2D eigenvalue weighted by molar-refractivity contribution is 7.47. The van der Waals surface area contributed by atoms with Crippen LogP contribution in [0.5, 0.6) is 0 Å². The summed E-state index contributed by atoms with van der Waals surface area (Å²) in [5, 5.41) is 0. The van der Waals surface area contributed by atoms with Gasteiger partial charge < -0.3 is 20.1 Å². The number of nitrogens with two attached hydrogens (primary N) is 1. The summed E-state index contributed by atoms with van der Waals surface area (Å²) < 4.78 is 33.3. The molecule has 0 heterocycles. The molecule has 0 amide bonds. The number of esters is 2. The van der Waals surface area contributed by atoms with E-state index in [2.05, 4.69) is 38.2 Å². The quantitative estimate of drug-likeness (QED) is 0.0264. The highest BCUT2D eigenvalue weighted by Crippen LogP contribution is 2.43. The third kappa shape index (κ3) is 77.4. The molecule has 0 aliphatic rings. The van der Waals surface area contributed by atoms with Gasteiger partial charge in [-0.2, -0.15) is 0 Å². The van der Waals surface area contributed by atoms with Crippen LogP contribution in [-0.2, 0) is 32.7 Å². The summed E-state index contributed by atoms with van der Waals surface area (Å²) in [6.45, 7) is 3.83. The average Bonchev–Trinajstić information content (AvgIpc) is 3.68. The molecule has 0 spiro atoms. The standard InChI is InChI=1S/C81H158NO8P/c1-3-5-7-9-11-13-15-17-19-21-23-25-27-29-31-33-35-37-39-41-43-45-47-49-51-53-55-57-59-61-63-65-67-69-71-73-80(83)87-77-79(78-89-91(85,86)88-76-75-82)90-81(84)74-72-70-68-66-64-62-60-58-56-54-52-50-48-46-44-42-40-38-36-34-32-30-28-26-24-22-20-18-16-14-12-10-8-6-4-2/h16,18,22,24,79H,3-15,17,19-21,23,25-78,82H2,1-2H3,(H,85,86)/b18-16-,24-22-. The molecular formula is C81H158NO8P. The Labute approximate surface area is 567 Å². The minimum Gasteiger partial charge on any atom is -0.462 e. The number of rotatable bonds is 79. The molecular weight excluding hydrogens is 1150 g/mol. The van der Waals surface area contributed by atoms with E-state index in [1.165, 1.54) is 379 Å². The van der Waals surface area contributed by atoms with Gasteiger partial charge in [-0.3, -0.25) is 18.6 Å². The predicted octanol–water partition coefficient (Wildman–Crippen LogP) is 27.2. The van der Waals surface area contributed by atoms with Gasteiger partial charge in [0.1, 0.15) is 6.61 Å². The van der Waals surface area contributed by atoms with Crippen molar-refractivity contribution in [3.05, 3.63) is 24.3 Å². The van der Waals surface area contributed by atoms with E-state index in [1.54, 1.807) is 0 Å². The van der Waals surface area contributed by atoms with E-state index in [4.69, 9.17) is 24.3 Å². The molecule has 9 nitrogen and oxygen atoms in total. The van der Waals surface area contributed by atoms with Crippen molar-refractivity contribution in [3.63, 3.8) is 0 Å². The molecule has 0 aromatic heterocycles. The van der Waals surface area contributed by atoms with Crippen molar-refractivity contribution >= 4 is 19.8 Å². The van der Waals surface area contributed by atoms with Crippen LogP contribution in [0.1, 0.15) is 450 Å². The fourth-order valence-electron chi connectivity index (χ4n) is 12.8. The molecule has 0 aromatic rings. The Morgan fingerprint density at radius 3 is 0.835 bits per heavy atom. The number of carbonyl (C=O) groups excluding carboxylic acids is 2. The van der Waals surface area contributed by atoms with Crippen LogP contribution in [0.4, 0.5) is 0 Å². The van der Waals surface area contributed by atoms with Crippen LogP contribution < -0.4 is 5.73 Å². The second-order valence-corrected chi connectivity index (χ2v) is 29.5. The van der Waals surface area contributed by atoms with Gasteiger partial charge in [-0.15, -0.1) is 0 Å². The second-order valence-electron chi connectivity index (χ2n) is 28.0. The fourth-order valence-corrected chi connectivity index (χ4v) is 13.6. The van der Waals surface area contributed by atoms with Crippen molar-refractivity contribution in [2.45, 2.75) is 457 Å². The number of carbonyl (C=O) groups is 2. The monoisotopic (exact) mass is 1300 g/mol. The lowest BCUT2D eigenvalue weighted by Crippen LogP contribution is -2.29. The molecule has 0 aliphatic heterocycles. The first-order valence-corrected chi connectivity index (χ1v) is 42.3. The summed E-state index contributed by atoms with van der Waals surface area (Å²) in [5.41, 5.74) is 5.42. The summed E-state index contributed by atoms with van der Waals surface area (Å²) >= 11 is 0. The molecule has 0 saturated heterocycles. The zero-order chi connectivity index (χ0) is 65.8. The number of hydrogen-bond acceptors (Lipinski definition) is 8. The highest BCUT2D eigenvalue weighted by Gasteiger charge is 2.26. The Balaban J connectivity index is 3.73. The van der Waals surface area contributed by atoms with Crippen molar-refractivity contribution in [2.24, 2.45) is 5.73 Å². The second kappa shape index (κ2) is 77.5. The Bertz CT molecular complexity index is 1540. The number of phosphoric acid groups is 1. The normalized spacial score (nSPS) is 12.9. The van der Waals surface area contributed by atoms with Crippen LogP contribution in [0.25, 0.3) is 0 Å². The van der Waals surface area contributed by atoms with E-state index in [-0.39, 0.29) is 38.6 Å². The Morgan fingerprint density at radius 1 is 0.330 bits per heavy atom. The Morgan fingerprint density at radius 2 is 0.571 bits per heavy atom. The Hall–Kier alpha value is -1.51. The van der Waals surface area contributed by atoms with Gasteiger partial charge in [0.05, 0.1) is 13.2 Å². The van der Waals surface area contributed by atoms with Crippen LogP contribution in [0.2, 0.25) is 0 Å². The molecule has 0 aromatic carbocycles. The van der Waals surface area contributed by atoms with E-state index in [1.807, 2.05) is 0 Å². The van der Waals surface area contributed by atoms with Gasteiger partial charge in [-0.05, 0) is 44.9 Å². The maximum atomic E-state index is 12.8. The molecule has 0 radical (unpaired) electrons. The van der Waals surface area contributed by atoms with Crippen molar-refractivity contribution < 1.29 is 37.6 Å². The van der Waals surface area contributed by atoms with Gasteiger partial charge in [0, 0.05) is 19.4 Å². The van der Waals surface area contributed by atoms with E-state index in [0.29, 0.717) is 6.42 Å². The largest absolute Gasteiger partial charge is 0.472 e. The summed E-state index contributed by atoms with van der Waals surface area (Å²) in [6, 6.07) is 0. The minimum atomic E-state index is -4.39. The first-order valence-electron chi connectivity index (χ1n) is 40.8. The number of phosphoric ester groups is 1. The lowest BCUT2D eigenvalue weighted by Gasteiger charge is -2.19. The van der Waals surface area contributed by atoms with Crippen molar-refractivity contribution in [1.29, 1.82) is 0 Å². The van der Waals surface area contributed by atoms with Crippen LogP contribution in [-0.4, -0.2) is 49.3 Å². The van der Waals surface area contributed by atoms with Crippen LogP contribution in [0.15, 0.2) is 24.3 Å². The maximum absolute atomic E-state index is 12.8. The lowest BCUT2D eigenvalue weighted by atomic mass is 10.0. The molecule has 0 saturated carbocycles. The minimum absolute atomic E-state index is 0.0575. The Kier molecular flexibility index (Phi) is 76.2. The highest BCUT2D eigenvalue weighted by atomic mass is 31.2. The van der Waals surface area contributed by atoms with E-state index in [9.17, 15) is 19.0 Å². The van der Waals surface area contributed by atoms with Crippen molar-refractivity contribution in [1.82, 2.24) is 0 Å². The predicted molar refractivity (Wildman–Crippen MR) is 395 cm³/mol. The van der Waals surface area contributed by atoms with Gasteiger partial charge in [0.2, 0.25) is 0 Å². The summed E-state index contributed by atoms with van der Waals surface area (Å²) in [5.74, 6) is -0.797. The first kappa shape index (κ1) is 89.5. The number of hydrogen-bond donors (Lipinski definition) is 2. The first-order chi connectivity index (χ1) is 44.8. The smallest absolute Gasteiger partial charge is 0.462 e. The van der Waals surface area contributed by atoms with Gasteiger partial charge in [0.25, 0.3) is 0 Å². The van der Waals surface area contributed by atoms with E-state index < -0.39 is 26.5 Å². The molecule has 3 N–H and O–H groups in total. The van der Waals surface area contributed by atoms with Crippen LogP contribution >= 0.6 is 7.82 Å². The van der Waals surface area contributed by atoms with Crippen molar-refractivity contribution in [3.8, 4) is 0 Å². The molecule has 0 bridgehead atoms. The van der Waals surface area contributed by atoms with Crippen molar-refractivity contribution in [2.75, 3.05) is 26.4 Å².